The van der Waals surface area contributed by atoms with Gasteiger partial charge in [-0.3, -0.25) is 10.1 Å². The molecule has 1 heterocycles. The SMILES string of the molecule is CCC1CC(Nc2cc([N+](=O)[O-])c(C)cc2Br)CCO1. The molecule has 2 rings (SSSR count). The Labute approximate surface area is 127 Å². The van der Waals surface area contributed by atoms with Gasteiger partial charge in [0.05, 0.1) is 16.7 Å². The third-order valence-electron chi connectivity index (χ3n) is 3.66. The lowest BCUT2D eigenvalue weighted by atomic mass is 10.0. The normalized spacial score (nSPS) is 22.6. The van der Waals surface area contributed by atoms with Crippen LogP contribution in [-0.2, 0) is 4.74 Å². The first kappa shape index (κ1) is 15.3. The van der Waals surface area contributed by atoms with Crippen molar-refractivity contribution in [1.82, 2.24) is 0 Å². The lowest BCUT2D eigenvalue weighted by Gasteiger charge is -2.30. The van der Waals surface area contributed by atoms with Crippen LogP contribution in [0, 0.1) is 17.0 Å². The Bertz CT molecular complexity index is 507. The van der Waals surface area contributed by atoms with Gasteiger partial charge in [-0.15, -0.1) is 0 Å². The summed E-state index contributed by atoms with van der Waals surface area (Å²) >= 11 is 3.47. The molecule has 1 fully saturated rings. The number of aryl methyl sites for hydroxylation is 1. The van der Waals surface area contributed by atoms with Crippen molar-refractivity contribution in [2.75, 3.05) is 11.9 Å². The van der Waals surface area contributed by atoms with E-state index < -0.39 is 0 Å². The second-order valence-electron chi connectivity index (χ2n) is 5.14. The largest absolute Gasteiger partial charge is 0.381 e. The van der Waals surface area contributed by atoms with E-state index in [1.807, 2.05) is 0 Å². The average molecular weight is 343 g/mol. The molecule has 2 unspecified atom stereocenters. The summed E-state index contributed by atoms with van der Waals surface area (Å²) in [5, 5.41) is 14.4. The topological polar surface area (TPSA) is 64.4 Å². The number of benzene rings is 1. The van der Waals surface area contributed by atoms with Crippen LogP contribution >= 0.6 is 15.9 Å². The van der Waals surface area contributed by atoms with Crippen LogP contribution in [0.25, 0.3) is 0 Å². The van der Waals surface area contributed by atoms with Crippen molar-refractivity contribution in [2.24, 2.45) is 0 Å². The van der Waals surface area contributed by atoms with Gasteiger partial charge in [-0.25, -0.2) is 0 Å². The van der Waals surface area contributed by atoms with E-state index in [1.165, 1.54) is 0 Å². The number of hydrogen-bond acceptors (Lipinski definition) is 4. The van der Waals surface area contributed by atoms with E-state index in [9.17, 15) is 10.1 Å². The zero-order valence-corrected chi connectivity index (χ0v) is 13.3. The highest BCUT2D eigenvalue weighted by Gasteiger charge is 2.23. The van der Waals surface area contributed by atoms with E-state index in [0.717, 1.165) is 36.0 Å². The predicted molar refractivity (Wildman–Crippen MR) is 82.2 cm³/mol. The van der Waals surface area contributed by atoms with Gasteiger partial charge in [0.25, 0.3) is 5.69 Å². The van der Waals surface area contributed by atoms with E-state index >= 15 is 0 Å². The van der Waals surface area contributed by atoms with Gasteiger partial charge in [-0.1, -0.05) is 6.92 Å². The van der Waals surface area contributed by atoms with Crippen LogP contribution < -0.4 is 5.32 Å². The number of rotatable bonds is 4. The van der Waals surface area contributed by atoms with E-state index in [0.29, 0.717) is 11.6 Å². The molecule has 2 atom stereocenters. The van der Waals surface area contributed by atoms with Crippen molar-refractivity contribution < 1.29 is 9.66 Å². The third kappa shape index (κ3) is 3.49. The summed E-state index contributed by atoms with van der Waals surface area (Å²) in [6.07, 6.45) is 3.13. The van der Waals surface area contributed by atoms with Crippen molar-refractivity contribution in [3.63, 3.8) is 0 Å². The molecule has 0 saturated carbocycles. The zero-order valence-electron chi connectivity index (χ0n) is 11.7. The second-order valence-corrected chi connectivity index (χ2v) is 6.00. The predicted octanol–water partition coefficient (Wildman–Crippen LogP) is 4.04. The minimum atomic E-state index is -0.341. The fourth-order valence-electron chi connectivity index (χ4n) is 2.48. The van der Waals surface area contributed by atoms with Gasteiger partial charge in [0, 0.05) is 28.8 Å². The van der Waals surface area contributed by atoms with Crippen molar-refractivity contribution in [2.45, 2.75) is 45.3 Å². The molecule has 0 amide bonds. The summed E-state index contributed by atoms with van der Waals surface area (Å²) in [7, 11) is 0. The molecular formula is C14H19BrN2O3. The number of hydrogen-bond donors (Lipinski definition) is 1. The molecule has 1 aromatic carbocycles. The molecule has 0 bridgehead atoms. The second kappa shape index (κ2) is 6.54. The fourth-order valence-corrected chi connectivity index (χ4v) is 3.06. The summed E-state index contributed by atoms with van der Waals surface area (Å²) in [6, 6.07) is 3.69. The molecule has 20 heavy (non-hydrogen) atoms. The maximum absolute atomic E-state index is 11.0. The van der Waals surface area contributed by atoms with Gasteiger partial charge in [0.2, 0.25) is 0 Å². The number of halogens is 1. The molecule has 1 N–H and O–H groups in total. The van der Waals surface area contributed by atoms with Crippen molar-refractivity contribution in [1.29, 1.82) is 0 Å². The van der Waals surface area contributed by atoms with Crippen LogP contribution in [0.4, 0.5) is 11.4 Å². The molecule has 0 aliphatic carbocycles. The van der Waals surface area contributed by atoms with Crippen LogP contribution in [0.15, 0.2) is 16.6 Å². The first-order valence-electron chi connectivity index (χ1n) is 6.84. The smallest absolute Gasteiger partial charge is 0.274 e. The van der Waals surface area contributed by atoms with E-state index in [2.05, 4.69) is 28.2 Å². The minimum absolute atomic E-state index is 0.148. The molecule has 110 valence electrons. The summed E-state index contributed by atoms with van der Waals surface area (Å²) in [6.45, 7) is 4.59. The minimum Gasteiger partial charge on any atom is -0.381 e. The number of nitro groups is 1. The molecule has 1 aliphatic heterocycles. The summed E-state index contributed by atoms with van der Waals surface area (Å²) < 4.78 is 6.51. The van der Waals surface area contributed by atoms with Crippen LogP contribution in [-0.4, -0.2) is 23.7 Å². The van der Waals surface area contributed by atoms with Crippen LogP contribution in [0.1, 0.15) is 31.7 Å². The number of ether oxygens (including phenoxy) is 1. The number of nitrogens with zero attached hydrogens (tertiary/aromatic N) is 1. The zero-order chi connectivity index (χ0) is 14.7. The number of nitrogens with one attached hydrogen (secondary N) is 1. The van der Waals surface area contributed by atoms with Gasteiger partial charge in [-0.05, 0) is 48.2 Å². The van der Waals surface area contributed by atoms with Crippen molar-refractivity contribution >= 4 is 27.3 Å². The Balaban J connectivity index is 2.16. The lowest BCUT2D eigenvalue weighted by Crippen LogP contribution is -2.33. The van der Waals surface area contributed by atoms with Crippen molar-refractivity contribution in [3.8, 4) is 0 Å². The molecule has 1 aromatic rings. The summed E-state index contributed by atoms with van der Waals surface area (Å²) in [4.78, 5) is 10.7. The quantitative estimate of drug-likeness (QED) is 0.662. The average Bonchev–Trinajstić information content (AvgIpc) is 2.41. The van der Waals surface area contributed by atoms with E-state index in [-0.39, 0.29) is 16.7 Å². The van der Waals surface area contributed by atoms with Crippen LogP contribution in [0.3, 0.4) is 0 Å². The van der Waals surface area contributed by atoms with Crippen molar-refractivity contribution in [3.05, 3.63) is 32.3 Å². The molecule has 6 heteroatoms. The Morgan fingerprint density at radius 3 is 2.95 bits per heavy atom. The number of anilines is 1. The monoisotopic (exact) mass is 342 g/mol. The highest BCUT2D eigenvalue weighted by atomic mass is 79.9. The van der Waals surface area contributed by atoms with E-state index in [1.54, 1.807) is 19.1 Å². The molecule has 1 saturated heterocycles. The Hall–Kier alpha value is -1.14. The molecule has 0 radical (unpaired) electrons. The highest BCUT2D eigenvalue weighted by molar-refractivity contribution is 9.10. The van der Waals surface area contributed by atoms with Gasteiger partial charge in [0.15, 0.2) is 0 Å². The Morgan fingerprint density at radius 2 is 2.30 bits per heavy atom. The molecule has 0 spiro atoms. The van der Waals surface area contributed by atoms with Gasteiger partial charge < -0.3 is 10.1 Å². The summed E-state index contributed by atoms with van der Waals surface area (Å²) in [5.41, 5.74) is 1.59. The highest BCUT2D eigenvalue weighted by Crippen LogP contribution is 2.32. The molecule has 0 aromatic heterocycles. The number of nitro benzene ring substituents is 1. The molecular weight excluding hydrogens is 324 g/mol. The lowest BCUT2D eigenvalue weighted by molar-refractivity contribution is -0.385. The molecule has 1 aliphatic rings. The Kier molecular flexibility index (Phi) is 4.99. The van der Waals surface area contributed by atoms with Crippen LogP contribution in [0.5, 0.6) is 0 Å². The maximum Gasteiger partial charge on any atom is 0.274 e. The van der Waals surface area contributed by atoms with Gasteiger partial charge in [-0.2, -0.15) is 0 Å². The van der Waals surface area contributed by atoms with E-state index in [4.69, 9.17) is 4.74 Å². The first-order valence-corrected chi connectivity index (χ1v) is 7.63. The van der Waals surface area contributed by atoms with Gasteiger partial charge in [0.1, 0.15) is 0 Å². The first-order chi connectivity index (χ1) is 9.51. The Morgan fingerprint density at radius 1 is 1.55 bits per heavy atom. The maximum atomic E-state index is 11.0. The fraction of sp³-hybridized carbons (Fsp3) is 0.571. The van der Waals surface area contributed by atoms with Crippen LogP contribution in [0.2, 0.25) is 0 Å². The molecule has 5 nitrogen and oxygen atoms in total. The third-order valence-corrected chi connectivity index (χ3v) is 4.32. The summed E-state index contributed by atoms with van der Waals surface area (Å²) in [5.74, 6) is 0. The van der Waals surface area contributed by atoms with Gasteiger partial charge >= 0.3 is 0 Å². The standard InChI is InChI=1S/C14H19BrN2O3/c1-3-11-7-10(4-5-20-11)16-13-8-14(17(18)19)9(2)6-12(13)15/h6,8,10-11,16H,3-5,7H2,1-2H3.